The van der Waals surface area contributed by atoms with Crippen molar-refractivity contribution < 1.29 is 9.53 Å². The van der Waals surface area contributed by atoms with Crippen LogP contribution in [0.4, 0.5) is 0 Å². The number of hydrogen-bond donors (Lipinski definition) is 1. The van der Waals surface area contributed by atoms with E-state index in [0.717, 1.165) is 25.7 Å². The van der Waals surface area contributed by atoms with E-state index in [0.29, 0.717) is 26.3 Å². The first-order chi connectivity index (χ1) is 8.57. The summed E-state index contributed by atoms with van der Waals surface area (Å²) in [6.07, 6.45) is 3.72. The number of carbonyl (C=O) groups excluding carboxylic acids is 1. The van der Waals surface area contributed by atoms with Crippen LogP contribution in [0.3, 0.4) is 0 Å². The lowest BCUT2D eigenvalue weighted by molar-refractivity contribution is -0.142. The van der Waals surface area contributed by atoms with Gasteiger partial charge < -0.3 is 15.4 Å². The highest BCUT2D eigenvalue weighted by Gasteiger charge is 2.37. The van der Waals surface area contributed by atoms with E-state index < -0.39 is 0 Å². The molecule has 0 aromatic heterocycles. The van der Waals surface area contributed by atoms with Crippen LogP contribution >= 0.6 is 0 Å². The van der Waals surface area contributed by atoms with Gasteiger partial charge in [-0.2, -0.15) is 0 Å². The SMILES string of the molecule is CCCC(CN)(CCC)C(=O)N(C)CCOCC. The minimum absolute atomic E-state index is 0.174. The zero-order chi connectivity index (χ0) is 14.0. The third-order valence-electron chi connectivity index (χ3n) is 3.42. The van der Waals surface area contributed by atoms with Crippen LogP contribution in [0, 0.1) is 5.41 Å². The van der Waals surface area contributed by atoms with Crippen molar-refractivity contribution in [2.24, 2.45) is 11.1 Å². The van der Waals surface area contributed by atoms with Crippen LogP contribution in [-0.2, 0) is 9.53 Å². The van der Waals surface area contributed by atoms with E-state index in [-0.39, 0.29) is 11.3 Å². The van der Waals surface area contributed by atoms with Gasteiger partial charge in [-0.1, -0.05) is 26.7 Å². The summed E-state index contributed by atoms with van der Waals surface area (Å²) in [5.74, 6) is 0.174. The van der Waals surface area contributed by atoms with Crippen molar-refractivity contribution in [3.8, 4) is 0 Å². The van der Waals surface area contributed by atoms with Gasteiger partial charge in [0.25, 0.3) is 0 Å². The molecule has 0 heterocycles. The van der Waals surface area contributed by atoms with Crippen LogP contribution in [0.5, 0.6) is 0 Å². The Morgan fingerprint density at radius 1 is 1.22 bits per heavy atom. The highest BCUT2D eigenvalue weighted by molar-refractivity contribution is 5.82. The van der Waals surface area contributed by atoms with E-state index in [4.69, 9.17) is 10.5 Å². The summed E-state index contributed by atoms with van der Waals surface area (Å²) in [7, 11) is 1.84. The predicted octanol–water partition coefficient (Wildman–Crippen LogP) is 2.03. The van der Waals surface area contributed by atoms with Gasteiger partial charge >= 0.3 is 0 Å². The molecule has 0 unspecified atom stereocenters. The molecule has 108 valence electrons. The summed E-state index contributed by atoms with van der Waals surface area (Å²) in [6, 6.07) is 0. The molecule has 0 aromatic carbocycles. The largest absolute Gasteiger partial charge is 0.380 e. The lowest BCUT2D eigenvalue weighted by Gasteiger charge is -2.34. The van der Waals surface area contributed by atoms with Gasteiger partial charge in [-0.3, -0.25) is 4.79 Å². The molecule has 0 aliphatic carbocycles. The zero-order valence-corrected chi connectivity index (χ0v) is 12.5. The number of likely N-dealkylation sites (N-methyl/N-ethyl adjacent to an activating group) is 1. The third-order valence-corrected chi connectivity index (χ3v) is 3.42. The Hall–Kier alpha value is -0.610. The zero-order valence-electron chi connectivity index (χ0n) is 12.5. The first kappa shape index (κ1) is 17.4. The Bertz CT molecular complexity index is 226. The van der Waals surface area contributed by atoms with Gasteiger partial charge in [-0.05, 0) is 19.8 Å². The smallest absolute Gasteiger partial charge is 0.229 e. The molecule has 4 nitrogen and oxygen atoms in total. The minimum Gasteiger partial charge on any atom is -0.380 e. The molecule has 0 aliphatic rings. The molecule has 0 aromatic rings. The van der Waals surface area contributed by atoms with Crippen molar-refractivity contribution in [3.05, 3.63) is 0 Å². The highest BCUT2D eigenvalue weighted by Crippen LogP contribution is 2.30. The van der Waals surface area contributed by atoms with Crippen molar-refractivity contribution in [1.82, 2.24) is 4.90 Å². The Morgan fingerprint density at radius 3 is 2.17 bits per heavy atom. The normalized spacial score (nSPS) is 11.6. The molecule has 0 atom stereocenters. The molecule has 0 fully saturated rings. The lowest BCUT2D eigenvalue weighted by Crippen LogP contribution is -2.47. The number of nitrogens with two attached hydrogens (primary N) is 1. The van der Waals surface area contributed by atoms with Crippen LogP contribution in [0.15, 0.2) is 0 Å². The average Bonchev–Trinajstić information content (AvgIpc) is 2.37. The molecule has 0 bridgehead atoms. The summed E-state index contributed by atoms with van der Waals surface area (Å²) in [5.41, 5.74) is 5.52. The number of hydrogen-bond acceptors (Lipinski definition) is 3. The second-order valence-corrected chi connectivity index (χ2v) is 4.91. The Kier molecular flexibility index (Phi) is 9.02. The van der Waals surface area contributed by atoms with E-state index in [1.165, 1.54) is 0 Å². The maximum absolute atomic E-state index is 12.6. The van der Waals surface area contributed by atoms with Crippen molar-refractivity contribution in [2.75, 3.05) is 33.4 Å². The van der Waals surface area contributed by atoms with E-state index in [1.807, 2.05) is 14.0 Å². The average molecular weight is 258 g/mol. The summed E-state index contributed by atoms with van der Waals surface area (Å²) < 4.78 is 5.30. The predicted molar refractivity (Wildman–Crippen MR) is 75.4 cm³/mol. The molecule has 4 heteroatoms. The molecule has 0 aliphatic heterocycles. The van der Waals surface area contributed by atoms with Gasteiger partial charge in [-0.25, -0.2) is 0 Å². The fourth-order valence-corrected chi connectivity index (χ4v) is 2.44. The molecule has 0 saturated carbocycles. The monoisotopic (exact) mass is 258 g/mol. The third kappa shape index (κ3) is 4.94. The Labute approximate surface area is 112 Å². The molecule has 2 N–H and O–H groups in total. The fraction of sp³-hybridized carbons (Fsp3) is 0.929. The number of rotatable bonds is 10. The maximum Gasteiger partial charge on any atom is 0.229 e. The fourth-order valence-electron chi connectivity index (χ4n) is 2.44. The van der Waals surface area contributed by atoms with Crippen LogP contribution in [0.2, 0.25) is 0 Å². The number of nitrogens with zero attached hydrogens (tertiary/aromatic N) is 1. The molecule has 1 amide bonds. The van der Waals surface area contributed by atoms with E-state index in [2.05, 4.69) is 13.8 Å². The van der Waals surface area contributed by atoms with Crippen molar-refractivity contribution in [2.45, 2.75) is 46.5 Å². The second-order valence-electron chi connectivity index (χ2n) is 4.91. The Balaban J connectivity index is 4.61. The van der Waals surface area contributed by atoms with Crippen LogP contribution in [0.25, 0.3) is 0 Å². The van der Waals surface area contributed by atoms with Gasteiger partial charge in [0.2, 0.25) is 5.91 Å². The van der Waals surface area contributed by atoms with Crippen LogP contribution in [0.1, 0.15) is 46.5 Å². The summed E-state index contributed by atoms with van der Waals surface area (Å²) in [5, 5.41) is 0. The number of carbonyl (C=O) groups is 1. The van der Waals surface area contributed by atoms with Crippen molar-refractivity contribution >= 4 is 5.91 Å². The number of ether oxygens (including phenoxy) is 1. The minimum atomic E-state index is -0.371. The maximum atomic E-state index is 12.6. The standard InChI is InChI=1S/C14H30N2O2/c1-5-8-14(12-15,9-6-2)13(17)16(4)10-11-18-7-3/h5-12,15H2,1-4H3. The highest BCUT2D eigenvalue weighted by atomic mass is 16.5. The van der Waals surface area contributed by atoms with Crippen LogP contribution in [-0.4, -0.2) is 44.2 Å². The lowest BCUT2D eigenvalue weighted by atomic mass is 9.78. The van der Waals surface area contributed by atoms with Gasteiger partial charge in [0, 0.05) is 26.7 Å². The first-order valence-corrected chi connectivity index (χ1v) is 7.11. The molecule has 0 rings (SSSR count). The second kappa shape index (κ2) is 9.34. The summed E-state index contributed by atoms with van der Waals surface area (Å²) >= 11 is 0. The van der Waals surface area contributed by atoms with Gasteiger partial charge in [0.15, 0.2) is 0 Å². The molecular weight excluding hydrogens is 228 g/mol. The molecule has 0 spiro atoms. The van der Waals surface area contributed by atoms with Gasteiger partial charge in [-0.15, -0.1) is 0 Å². The quantitative estimate of drug-likeness (QED) is 0.610. The Morgan fingerprint density at radius 2 is 1.78 bits per heavy atom. The first-order valence-electron chi connectivity index (χ1n) is 7.11. The van der Waals surface area contributed by atoms with Crippen LogP contribution < -0.4 is 5.73 Å². The van der Waals surface area contributed by atoms with Crippen molar-refractivity contribution in [3.63, 3.8) is 0 Å². The van der Waals surface area contributed by atoms with Crippen molar-refractivity contribution in [1.29, 1.82) is 0 Å². The van der Waals surface area contributed by atoms with E-state index in [9.17, 15) is 4.79 Å². The van der Waals surface area contributed by atoms with Gasteiger partial charge in [0.05, 0.1) is 12.0 Å². The summed E-state index contributed by atoms with van der Waals surface area (Å²) in [4.78, 5) is 14.3. The molecular formula is C14H30N2O2. The molecule has 0 radical (unpaired) electrons. The van der Waals surface area contributed by atoms with E-state index in [1.54, 1.807) is 4.90 Å². The van der Waals surface area contributed by atoms with Gasteiger partial charge in [0.1, 0.15) is 0 Å². The van der Waals surface area contributed by atoms with E-state index >= 15 is 0 Å². The topological polar surface area (TPSA) is 55.6 Å². The molecule has 18 heavy (non-hydrogen) atoms. The number of amides is 1. The molecule has 0 saturated heterocycles. The summed E-state index contributed by atoms with van der Waals surface area (Å²) in [6.45, 7) is 8.53.